The zero-order valence-electron chi connectivity index (χ0n) is 41.1. The van der Waals surface area contributed by atoms with E-state index in [0.717, 1.165) is 11.4 Å². The van der Waals surface area contributed by atoms with Crippen LogP contribution in [0.1, 0.15) is 0 Å². The van der Waals surface area contributed by atoms with Gasteiger partial charge in [0.2, 0.25) is 0 Å². The Bertz CT molecular complexity index is 4970. The predicted molar refractivity (Wildman–Crippen MR) is 328 cm³/mol. The maximum absolute atomic E-state index is 2.44. The first-order valence-corrected chi connectivity index (χ1v) is 27.6. The van der Waals surface area contributed by atoms with Gasteiger partial charge in [-0.2, -0.15) is 0 Å². The van der Waals surface area contributed by atoms with E-state index in [9.17, 15) is 0 Å². The Morgan fingerprint density at radius 2 is 0.592 bits per heavy atom. The Morgan fingerprint density at radius 3 is 1.17 bits per heavy atom. The highest BCUT2D eigenvalue weighted by Gasteiger charge is 2.18. The SMILES string of the molecule is c1cc(-c2cccc(-n3c4ccccc4c4ccccc43)c2)cc(-c2ccc3sc4ccc(-c5ccc6c(c5)c5ccccc5n6-c5cccc(-c6cccc(-c7cccc8c7sc7ccccc78)c6)c5)cc4c3c2)c1. The quantitative estimate of drug-likeness (QED) is 0.151. The number of thiophene rings is 2. The Morgan fingerprint density at radius 1 is 0.211 bits per heavy atom. The Balaban J connectivity index is 0.738. The summed E-state index contributed by atoms with van der Waals surface area (Å²) in [4.78, 5) is 0. The van der Waals surface area contributed by atoms with E-state index in [4.69, 9.17) is 0 Å². The van der Waals surface area contributed by atoms with Gasteiger partial charge in [-0.15, -0.1) is 22.7 Å². The summed E-state index contributed by atoms with van der Waals surface area (Å²) < 4.78 is 10.1. The molecule has 0 saturated heterocycles. The minimum Gasteiger partial charge on any atom is -0.309 e. The third-order valence-corrected chi connectivity index (χ3v) is 18.1. The van der Waals surface area contributed by atoms with Gasteiger partial charge >= 0.3 is 0 Å². The highest BCUT2D eigenvalue weighted by atomic mass is 32.1. The molecule has 0 aliphatic rings. The first-order valence-electron chi connectivity index (χ1n) is 26.0. The molecule has 0 atom stereocenters. The zero-order valence-corrected chi connectivity index (χ0v) is 42.7. The smallest absolute Gasteiger partial charge is 0.0541 e. The number of fused-ring (bicyclic) bond motifs is 12. The second kappa shape index (κ2) is 17.1. The van der Waals surface area contributed by atoms with Gasteiger partial charge in [0.15, 0.2) is 0 Å². The van der Waals surface area contributed by atoms with Crippen molar-refractivity contribution in [2.24, 2.45) is 0 Å². The normalized spacial score (nSPS) is 11.9. The first kappa shape index (κ1) is 43.1. The molecule has 354 valence electrons. The molecule has 0 radical (unpaired) electrons. The minimum atomic E-state index is 1.15. The maximum atomic E-state index is 2.44. The van der Waals surface area contributed by atoms with Gasteiger partial charge in [0, 0.05) is 73.3 Å². The van der Waals surface area contributed by atoms with Crippen LogP contribution in [0.4, 0.5) is 0 Å². The fourth-order valence-corrected chi connectivity index (χ4v) is 14.4. The van der Waals surface area contributed by atoms with E-state index in [2.05, 4.69) is 276 Å². The lowest BCUT2D eigenvalue weighted by Gasteiger charge is -2.12. The van der Waals surface area contributed by atoms with Crippen LogP contribution in [0.5, 0.6) is 0 Å². The molecule has 0 fully saturated rings. The number of para-hydroxylation sites is 3. The third-order valence-electron chi connectivity index (χ3n) is 15.7. The number of rotatable bonds is 7. The lowest BCUT2D eigenvalue weighted by molar-refractivity contribution is 1.18. The highest BCUT2D eigenvalue weighted by molar-refractivity contribution is 7.26. The van der Waals surface area contributed by atoms with E-state index < -0.39 is 0 Å². The van der Waals surface area contributed by atoms with Crippen LogP contribution >= 0.6 is 22.7 Å². The average molecular weight is 1000 g/mol. The molecule has 4 aromatic heterocycles. The molecular formula is C72H44N2S2. The molecule has 12 aromatic carbocycles. The number of benzene rings is 12. The minimum absolute atomic E-state index is 1.15. The second-order valence-electron chi connectivity index (χ2n) is 20.0. The van der Waals surface area contributed by atoms with Gasteiger partial charge in [0.25, 0.3) is 0 Å². The summed E-state index contributed by atoms with van der Waals surface area (Å²) in [6, 6.07) is 98.9. The van der Waals surface area contributed by atoms with Crippen molar-refractivity contribution in [3.05, 3.63) is 267 Å². The van der Waals surface area contributed by atoms with Crippen LogP contribution in [-0.4, -0.2) is 9.13 Å². The fourth-order valence-electron chi connectivity index (χ4n) is 12.1. The van der Waals surface area contributed by atoms with Crippen LogP contribution in [0.25, 0.3) is 151 Å². The molecule has 0 bridgehead atoms. The summed E-state index contributed by atoms with van der Waals surface area (Å²) in [5.41, 5.74) is 19.3. The van der Waals surface area contributed by atoms with E-state index in [0.29, 0.717) is 0 Å². The van der Waals surface area contributed by atoms with Gasteiger partial charge in [0.1, 0.15) is 0 Å². The molecule has 0 amide bonds. The van der Waals surface area contributed by atoms with Crippen molar-refractivity contribution in [1.29, 1.82) is 0 Å². The maximum Gasteiger partial charge on any atom is 0.0541 e. The topological polar surface area (TPSA) is 9.86 Å². The lowest BCUT2D eigenvalue weighted by atomic mass is 9.97. The van der Waals surface area contributed by atoms with Crippen molar-refractivity contribution in [3.8, 4) is 67.0 Å². The molecule has 4 heterocycles. The van der Waals surface area contributed by atoms with Gasteiger partial charge < -0.3 is 9.13 Å². The monoisotopic (exact) mass is 1000 g/mol. The summed E-state index contributed by atoms with van der Waals surface area (Å²) in [5.74, 6) is 0. The van der Waals surface area contributed by atoms with Crippen LogP contribution in [0.3, 0.4) is 0 Å². The van der Waals surface area contributed by atoms with Crippen molar-refractivity contribution in [2.75, 3.05) is 0 Å². The molecule has 0 saturated carbocycles. The second-order valence-corrected chi connectivity index (χ2v) is 22.2. The van der Waals surface area contributed by atoms with Crippen molar-refractivity contribution < 1.29 is 0 Å². The highest BCUT2D eigenvalue weighted by Crippen LogP contribution is 2.44. The van der Waals surface area contributed by atoms with Gasteiger partial charge in [-0.25, -0.2) is 0 Å². The van der Waals surface area contributed by atoms with Gasteiger partial charge in [-0.1, -0.05) is 170 Å². The van der Waals surface area contributed by atoms with Crippen LogP contribution in [0.15, 0.2) is 267 Å². The molecule has 0 unspecified atom stereocenters. The van der Waals surface area contributed by atoms with Crippen LogP contribution < -0.4 is 0 Å². The van der Waals surface area contributed by atoms with Gasteiger partial charge in [-0.3, -0.25) is 0 Å². The van der Waals surface area contributed by atoms with Gasteiger partial charge in [0.05, 0.1) is 22.1 Å². The fraction of sp³-hybridized carbons (Fsp3) is 0. The molecular weight excluding hydrogens is 957 g/mol. The third kappa shape index (κ3) is 6.85. The summed E-state index contributed by atoms with van der Waals surface area (Å²) >= 11 is 3.76. The van der Waals surface area contributed by atoms with E-state index in [-0.39, 0.29) is 0 Å². The Hall–Kier alpha value is -9.32. The molecule has 0 aliphatic heterocycles. The van der Waals surface area contributed by atoms with Crippen molar-refractivity contribution in [1.82, 2.24) is 9.13 Å². The van der Waals surface area contributed by atoms with Crippen molar-refractivity contribution in [2.45, 2.75) is 0 Å². The Labute approximate surface area is 446 Å². The number of hydrogen-bond acceptors (Lipinski definition) is 2. The molecule has 0 aliphatic carbocycles. The number of hydrogen-bond donors (Lipinski definition) is 0. The summed E-state index contributed by atoms with van der Waals surface area (Å²) in [5, 5.41) is 10.3. The summed E-state index contributed by atoms with van der Waals surface area (Å²) in [6.45, 7) is 0. The number of aromatic nitrogens is 2. The zero-order chi connectivity index (χ0) is 49.8. The molecule has 16 aromatic rings. The predicted octanol–water partition coefficient (Wildman–Crippen LogP) is 21.0. The number of nitrogens with zero attached hydrogens (tertiary/aromatic N) is 2. The largest absolute Gasteiger partial charge is 0.309 e. The molecule has 76 heavy (non-hydrogen) atoms. The van der Waals surface area contributed by atoms with Crippen LogP contribution in [-0.2, 0) is 0 Å². The van der Waals surface area contributed by atoms with Crippen molar-refractivity contribution in [3.63, 3.8) is 0 Å². The van der Waals surface area contributed by atoms with E-state index in [1.165, 1.54) is 140 Å². The molecule has 4 heteroatoms. The molecule has 0 N–H and O–H groups in total. The van der Waals surface area contributed by atoms with Crippen LogP contribution in [0.2, 0.25) is 0 Å². The van der Waals surface area contributed by atoms with E-state index in [1.54, 1.807) is 0 Å². The first-order chi connectivity index (χ1) is 37.6. The molecule has 16 rings (SSSR count). The van der Waals surface area contributed by atoms with Crippen molar-refractivity contribution >= 4 is 107 Å². The summed E-state index contributed by atoms with van der Waals surface area (Å²) in [6.07, 6.45) is 0. The molecule has 2 nitrogen and oxygen atoms in total. The van der Waals surface area contributed by atoms with E-state index in [1.807, 2.05) is 22.7 Å². The standard InChI is InChI=1S/C72H44N2S2/c1-5-28-65-57(22-1)58-23-2-6-29-66(58)73(65)54-20-11-17-48(40-54)45-14-9-15-46(38-45)51-33-36-70-63(43-51)64-44-52(34-37-71(64)75-70)50-32-35-68-62(42-50)59-24-3-7-30-67(59)74(68)55-21-12-18-49(41-55)47-16-10-19-53(39-47)56-26-13-27-61-60-25-4-8-31-69(60)76-72(56)61/h1-44H. The van der Waals surface area contributed by atoms with Gasteiger partial charge in [-0.05, 0) is 153 Å². The van der Waals surface area contributed by atoms with Crippen LogP contribution in [0, 0.1) is 0 Å². The Kier molecular flexibility index (Phi) is 9.71. The molecule has 0 spiro atoms. The van der Waals surface area contributed by atoms with E-state index >= 15 is 0 Å². The summed E-state index contributed by atoms with van der Waals surface area (Å²) in [7, 11) is 0. The lowest BCUT2D eigenvalue weighted by Crippen LogP contribution is -1.94. The average Bonchev–Trinajstić information content (AvgIpc) is 4.30.